The molecule has 1 unspecified atom stereocenters. The van der Waals surface area contributed by atoms with Crippen molar-refractivity contribution in [1.29, 1.82) is 0 Å². The Kier molecular flexibility index (Phi) is 4.78. The molecule has 1 aliphatic heterocycles. The smallest absolute Gasteiger partial charge is 0.239 e. The lowest BCUT2D eigenvalue weighted by Crippen LogP contribution is -2.06. The van der Waals surface area contributed by atoms with Crippen LogP contribution in [0.1, 0.15) is 24.2 Å². The Morgan fingerprint density at radius 2 is 1.89 bits per heavy atom. The molecule has 1 aromatic carbocycles. The molecule has 1 aliphatic rings. The first kappa shape index (κ1) is 17.1. The summed E-state index contributed by atoms with van der Waals surface area (Å²) in [5.41, 5.74) is 3.21. The minimum Gasteiger partial charge on any atom is -0.478 e. The first-order valence-electron chi connectivity index (χ1n) is 8.75. The van der Waals surface area contributed by atoms with Gasteiger partial charge in [0, 0.05) is 24.0 Å². The van der Waals surface area contributed by atoms with E-state index >= 15 is 0 Å². The van der Waals surface area contributed by atoms with E-state index in [2.05, 4.69) is 15.0 Å². The van der Waals surface area contributed by atoms with Crippen molar-refractivity contribution in [2.45, 2.75) is 13.0 Å². The molecule has 4 rings (SSSR count). The van der Waals surface area contributed by atoms with Crippen molar-refractivity contribution in [1.82, 2.24) is 9.97 Å². The third kappa shape index (κ3) is 3.65. The van der Waals surface area contributed by atoms with Crippen LogP contribution < -0.4 is 4.74 Å². The molecule has 0 aliphatic carbocycles. The molecule has 0 saturated carbocycles. The van der Waals surface area contributed by atoms with Gasteiger partial charge in [-0.3, -0.25) is 0 Å². The van der Waals surface area contributed by atoms with Crippen LogP contribution in [0.5, 0.6) is 5.88 Å². The number of ether oxygens (including phenoxy) is 2. The summed E-state index contributed by atoms with van der Waals surface area (Å²) in [4.78, 5) is 12.8. The van der Waals surface area contributed by atoms with Gasteiger partial charge in [-0.2, -0.15) is 0 Å². The van der Waals surface area contributed by atoms with Crippen LogP contribution in [-0.2, 0) is 4.74 Å². The van der Waals surface area contributed by atoms with Crippen molar-refractivity contribution >= 4 is 5.90 Å². The van der Waals surface area contributed by atoms with Crippen LogP contribution in [0.4, 0.5) is 4.39 Å². The van der Waals surface area contributed by atoms with Crippen molar-refractivity contribution in [3.8, 4) is 17.0 Å². The van der Waals surface area contributed by atoms with Crippen LogP contribution in [0.15, 0.2) is 65.9 Å². The Hall–Kier alpha value is -3.28. The molecule has 3 heterocycles. The average molecular weight is 363 g/mol. The predicted molar refractivity (Wildman–Crippen MR) is 100 cm³/mol. The van der Waals surface area contributed by atoms with E-state index in [1.807, 2.05) is 43.3 Å². The maximum atomic E-state index is 13.9. The van der Waals surface area contributed by atoms with Crippen LogP contribution in [0.2, 0.25) is 0 Å². The Morgan fingerprint density at radius 1 is 1.07 bits per heavy atom. The van der Waals surface area contributed by atoms with E-state index < -0.39 is 5.82 Å². The molecular formula is C21H18FN3O2. The summed E-state index contributed by atoms with van der Waals surface area (Å²) in [5.74, 6) is 0.428. The molecule has 0 radical (unpaired) electrons. The Bertz CT molecular complexity index is 956. The number of pyridine rings is 2. The zero-order valence-electron chi connectivity index (χ0n) is 14.8. The summed E-state index contributed by atoms with van der Waals surface area (Å²) in [6, 6.07) is 14.6. The number of nitrogens with zero attached hydrogens (tertiary/aromatic N) is 3. The quantitative estimate of drug-likeness (QED) is 0.682. The largest absolute Gasteiger partial charge is 0.478 e. The van der Waals surface area contributed by atoms with Crippen molar-refractivity contribution < 1.29 is 13.9 Å². The van der Waals surface area contributed by atoms with Gasteiger partial charge >= 0.3 is 0 Å². The molecule has 5 nitrogen and oxygen atoms in total. The summed E-state index contributed by atoms with van der Waals surface area (Å²) in [7, 11) is 0. The van der Waals surface area contributed by atoms with Crippen molar-refractivity contribution in [2.24, 2.45) is 4.99 Å². The standard InChI is InChI=1S/C21H18FN3O2/c1-2-26-19-10-9-16(12-24-19)14-5-7-15(8-6-14)18-13-27-21(25-18)20-17(22)4-3-11-23-20/h3-12,18H,2,13H2,1H3. The van der Waals surface area contributed by atoms with Crippen LogP contribution in [-0.4, -0.2) is 29.1 Å². The number of hydrogen-bond acceptors (Lipinski definition) is 5. The average Bonchev–Trinajstić information content (AvgIpc) is 3.19. The van der Waals surface area contributed by atoms with Crippen LogP contribution in [0.25, 0.3) is 11.1 Å². The van der Waals surface area contributed by atoms with Crippen LogP contribution >= 0.6 is 0 Å². The summed E-state index contributed by atoms with van der Waals surface area (Å²) in [6.07, 6.45) is 3.32. The monoisotopic (exact) mass is 363 g/mol. The van der Waals surface area contributed by atoms with E-state index in [0.29, 0.717) is 19.1 Å². The van der Waals surface area contributed by atoms with Gasteiger partial charge in [-0.15, -0.1) is 0 Å². The lowest BCUT2D eigenvalue weighted by molar-refractivity contribution is 0.318. The van der Waals surface area contributed by atoms with E-state index in [9.17, 15) is 4.39 Å². The van der Waals surface area contributed by atoms with Gasteiger partial charge in [-0.25, -0.2) is 19.4 Å². The fraction of sp³-hybridized carbons (Fsp3) is 0.190. The SMILES string of the molecule is CCOc1ccc(-c2ccc(C3COC(c4ncccc4F)=N3)cc2)cn1. The van der Waals surface area contributed by atoms with Gasteiger partial charge in [0.1, 0.15) is 12.6 Å². The Morgan fingerprint density at radius 3 is 2.59 bits per heavy atom. The second-order valence-electron chi connectivity index (χ2n) is 6.04. The number of rotatable bonds is 5. The third-order valence-electron chi connectivity index (χ3n) is 4.27. The topological polar surface area (TPSA) is 56.6 Å². The summed E-state index contributed by atoms with van der Waals surface area (Å²) < 4.78 is 24.8. The molecule has 0 N–H and O–H groups in total. The first-order valence-corrected chi connectivity index (χ1v) is 8.75. The molecule has 0 spiro atoms. The minimum atomic E-state index is -0.435. The number of hydrogen-bond donors (Lipinski definition) is 0. The van der Waals surface area contributed by atoms with Crippen LogP contribution in [0.3, 0.4) is 0 Å². The minimum absolute atomic E-state index is 0.150. The molecule has 0 bridgehead atoms. The second-order valence-corrected chi connectivity index (χ2v) is 6.04. The number of benzene rings is 1. The maximum Gasteiger partial charge on any atom is 0.239 e. The lowest BCUT2D eigenvalue weighted by Gasteiger charge is -2.08. The van der Waals surface area contributed by atoms with E-state index in [4.69, 9.17) is 9.47 Å². The van der Waals surface area contributed by atoms with Gasteiger partial charge in [0.2, 0.25) is 11.8 Å². The van der Waals surface area contributed by atoms with E-state index in [0.717, 1.165) is 16.7 Å². The third-order valence-corrected chi connectivity index (χ3v) is 4.27. The normalized spacial score (nSPS) is 15.9. The summed E-state index contributed by atoms with van der Waals surface area (Å²) >= 11 is 0. The molecule has 1 atom stereocenters. The Balaban J connectivity index is 1.52. The van der Waals surface area contributed by atoms with Gasteiger partial charge < -0.3 is 9.47 Å². The predicted octanol–water partition coefficient (Wildman–Crippen LogP) is 4.20. The molecule has 0 saturated heterocycles. The van der Waals surface area contributed by atoms with Gasteiger partial charge in [0.05, 0.1) is 6.61 Å². The molecule has 3 aromatic rings. The molecule has 6 heteroatoms. The second kappa shape index (κ2) is 7.53. The van der Waals surface area contributed by atoms with Crippen molar-refractivity contribution in [3.05, 3.63) is 78.0 Å². The van der Waals surface area contributed by atoms with Gasteiger partial charge in [0.15, 0.2) is 11.5 Å². The fourth-order valence-electron chi connectivity index (χ4n) is 2.90. The molecule has 2 aromatic heterocycles. The number of aliphatic imine (C=N–C) groups is 1. The fourth-order valence-corrected chi connectivity index (χ4v) is 2.90. The highest BCUT2D eigenvalue weighted by atomic mass is 19.1. The zero-order valence-corrected chi connectivity index (χ0v) is 14.8. The van der Waals surface area contributed by atoms with Crippen molar-refractivity contribution in [2.75, 3.05) is 13.2 Å². The zero-order chi connectivity index (χ0) is 18.6. The Labute approximate surface area is 156 Å². The van der Waals surface area contributed by atoms with Crippen molar-refractivity contribution in [3.63, 3.8) is 0 Å². The van der Waals surface area contributed by atoms with E-state index in [-0.39, 0.29) is 17.6 Å². The van der Waals surface area contributed by atoms with Gasteiger partial charge in [-0.1, -0.05) is 24.3 Å². The highest BCUT2D eigenvalue weighted by Crippen LogP contribution is 2.28. The number of aromatic nitrogens is 2. The molecular weight excluding hydrogens is 345 g/mol. The molecule has 0 fully saturated rings. The van der Waals surface area contributed by atoms with Gasteiger partial charge in [-0.05, 0) is 36.2 Å². The van der Waals surface area contributed by atoms with E-state index in [1.165, 1.54) is 12.3 Å². The first-order chi connectivity index (χ1) is 13.2. The van der Waals surface area contributed by atoms with E-state index in [1.54, 1.807) is 12.3 Å². The highest BCUT2D eigenvalue weighted by molar-refractivity contribution is 5.93. The molecule has 136 valence electrons. The number of halogens is 1. The summed E-state index contributed by atoms with van der Waals surface area (Å²) in [5, 5.41) is 0. The molecule has 27 heavy (non-hydrogen) atoms. The molecule has 0 amide bonds. The summed E-state index contributed by atoms with van der Waals surface area (Å²) in [6.45, 7) is 2.89. The lowest BCUT2D eigenvalue weighted by atomic mass is 10.0. The van der Waals surface area contributed by atoms with Crippen LogP contribution in [0, 0.1) is 5.82 Å². The van der Waals surface area contributed by atoms with Gasteiger partial charge in [0.25, 0.3) is 0 Å². The highest BCUT2D eigenvalue weighted by Gasteiger charge is 2.24. The maximum absolute atomic E-state index is 13.9.